The monoisotopic (exact) mass is 665 g/mol. The van der Waals surface area contributed by atoms with Crippen molar-refractivity contribution in [2.24, 2.45) is 5.41 Å². The lowest BCUT2D eigenvalue weighted by Gasteiger charge is -2.39. The number of aromatic amines is 1. The summed E-state index contributed by atoms with van der Waals surface area (Å²) in [6.45, 7) is 20.5. The molecule has 43 heavy (non-hydrogen) atoms. The molecule has 1 N–H and O–H groups in total. The maximum absolute atomic E-state index is 13.3. The Kier molecular flexibility index (Phi) is 16.3. The number of aryl methyl sites for hydroxylation is 1. The molecular formula is C29H52N3O8PS2. The lowest BCUT2D eigenvalue weighted by atomic mass is 9.87. The highest BCUT2D eigenvalue weighted by atomic mass is 33.1. The van der Waals surface area contributed by atoms with E-state index in [-0.39, 0.29) is 50.1 Å². The van der Waals surface area contributed by atoms with Crippen LogP contribution in [0.2, 0.25) is 0 Å². The zero-order valence-electron chi connectivity index (χ0n) is 27.4. The largest absolute Gasteiger partial charge is 0.465 e. The maximum atomic E-state index is 13.3. The van der Waals surface area contributed by atoms with Gasteiger partial charge in [-0.25, -0.2) is 9.46 Å². The van der Waals surface area contributed by atoms with E-state index in [4.69, 9.17) is 23.3 Å². The molecule has 2 rings (SSSR count). The second-order valence-corrected chi connectivity index (χ2v) is 15.9. The van der Waals surface area contributed by atoms with Gasteiger partial charge in [0, 0.05) is 35.5 Å². The first-order chi connectivity index (χ1) is 20.3. The number of nitrogens with one attached hydrogen (secondary N) is 1. The Morgan fingerprint density at radius 1 is 1.16 bits per heavy atom. The standard InChI is InChI=1S/C29H52N3O8PS2/c1-11-23-24(14-25(39-23)31-15-22(10)26(33)30-28(31)35)40-41(32(19(4)5)20(6)7)38-17-29(12-2,27(34)37-13-3)16-36-18-42-43-21(8)9/h15,19-21,23-25H,11-14,16-18H2,1-10H3,(H,30,33,35)/t23-,24?,25-,29?,41?/m1/s1. The topological polar surface area (TPSA) is 121 Å². The fraction of sp³-hybridized carbons (Fsp3) is 0.828. The van der Waals surface area contributed by atoms with Gasteiger partial charge in [-0.2, -0.15) is 0 Å². The summed E-state index contributed by atoms with van der Waals surface area (Å²) in [4.78, 5) is 40.2. The molecule has 5 atom stereocenters. The summed E-state index contributed by atoms with van der Waals surface area (Å²) < 4.78 is 34.7. The van der Waals surface area contributed by atoms with Crippen molar-refractivity contribution in [3.05, 3.63) is 32.6 Å². The quantitative estimate of drug-likeness (QED) is 0.0615. The van der Waals surface area contributed by atoms with Crippen molar-refractivity contribution >= 4 is 36.1 Å². The highest BCUT2D eigenvalue weighted by Gasteiger charge is 2.44. The second-order valence-electron chi connectivity index (χ2n) is 11.6. The van der Waals surface area contributed by atoms with Crippen LogP contribution in [0.1, 0.15) is 93.4 Å². The molecule has 248 valence electrons. The lowest BCUT2D eigenvalue weighted by molar-refractivity contribution is -0.162. The number of carbonyl (C=O) groups is 1. The highest BCUT2D eigenvalue weighted by Crippen LogP contribution is 2.51. The summed E-state index contributed by atoms with van der Waals surface area (Å²) in [5.74, 6) is 0.0974. The molecule has 1 aliphatic rings. The third-order valence-corrected chi connectivity index (χ3v) is 11.9. The number of esters is 1. The lowest BCUT2D eigenvalue weighted by Crippen LogP contribution is -2.42. The number of H-pyrrole nitrogens is 1. The Morgan fingerprint density at radius 3 is 2.40 bits per heavy atom. The van der Waals surface area contributed by atoms with Gasteiger partial charge in [-0.3, -0.25) is 19.1 Å². The van der Waals surface area contributed by atoms with E-state index in [9.17, 15) is 14.4 Å². The summed E-state index contributed by atoms with van der Waals surface area (Å²) in [5.41, 5.74) is -1.51. The number of carbonyl (C=O) groups excluding carboxylic acids is 1. The molecule has 1 aromatic rings. The van der Waals surface area contributed by atoms with E-state index in [0.29, 0.717) is 36.0 Å². The molecule has 1 saturated heterocycles. The van der Waals surface area contributed by atoms with Crippen molar-refractivity contribution in [3.63, 3.8) is 0 Å². The van der Waals surface area contributed by atoms with Crippen LogP contribution in [0.5, 0.6) is 0 Å². The summed E-state index contributed by atoms with van der Waals surface area (Å²) in [6, 6.07) is 0.182. The van der Waals surface area contributed by atoms with Crippen LogP contribution in [0.4, 0.5) is 0 Å². The molecule has 1 aromatic heterocycles. The van der Waals surface area contributed by atoms with E-state index in [1.807, 2.05) is 13.8 Å². The molecule has 1 aliphatic heterocycles. The number of hydrogen-bond donors (Lipinski definition) is 1. The number of ether oxygens (including phenoxy) is 3. The van der Waals surface area contributed by atoms with Crippen molar-refractivity contribution in [3.8, 4) is 0 Å². The van der Waals surface area contributed by atoms with Crippen molar-refractivity contribution in [1.29, 1.82) is 0 Å². The van der Waals surface area contributed by atoms with Crippen LogP contribution in [0.3, 0.4) is 0 Å². The van der Waals surface area contributed by atoms with Gasteiger partial charge in [0.2, 0.25) is 0 Å². The van der Waals surface area contributed by atoms with Crippen LogP contribution in [0, 0.1) is 12.3 Å². The number of hydrogen-bond acceptors (Lipinski definition) is 11. The Balaban J connectivity index is 2.32. The van der Waals surface area contributed by atoms with E-state index in [0.717, 1.165) is 0 Å². The number of nitrogens with zero attached hydrogens (tertiary/aromatic N) is 2. The zero-order valence-corrected chi connectivity index (χ0v) is 29.9. The van der Waals surface area contributed by atoms with Gasteiger partial charge in [0.25, 0.3) is 14.1 Å². The molecule has 0 aromatic carbocycles. The molecule has 0 spiro atoms. The van der Waals surface area contributed by atoms with Gasteiger partial charge < -0.3 is 23.3 Å². The third kappa shape index (κ3) is 10.8. The first kappa shape index (κ1) is 38.3. The maximum Gasteiger partial charge on any atom is 0.330 e. The van der Waals surface area contributed by atoms with Crippen LogP contribution in [0.25, 0.3) is 0 Å². The third-order valence-electron chi connectivity index (χ3n) is 7.12. The summed E-state index contributed by atoms with van der Waals surface area (Å²) in [5, 5.41) is 0.467. The van der Waals surface area contributed by atoms with E-state index in [1.54, 1.807) is 35.4 Å². The minimum absolute atomic E-state index is 0.0678. The Bertz CT molecular complexity index is 1110. The second kappa shape index (κ2) is 18.3. The Morgan fingerprint density at radius 2 is 1.84 bits per heavy atom. The van der Waals surface area contributed by atoms with Crippen molar-refractivity contribution in [2.45, 2.75) is 124 Å². The molecule has 0 saturated carbocycles. The molecule has 2 heterocycles. The molecule has 0 amide bonds. The summed E-state index contributed by atoms with van der Waals surface area (Å²) in [7, 11) is 1.69. The van der Waals surface area contributed by atoms with E-state index in [2.05, 4.69) is 51.2 Å². The van der Waals surface area contributed by atoms with Crippen molar-refractivity contribution < 1.29 is 28.1 Å². The van der Waals surface area contributed by atoms with Gasteiger partial charge in [0.05, 0.1) is 32.0 Å². The fourth-order valence-electron chi connectivity index (χ4n) is 4.79. The fourth-order valence-corrected chi connectivity index (χ4v) is 8.33. The molecule has 1 fully saturated rings. The molecular weight excluding hydrogens is 613 g/mol. The molecule has 0 radical (unpaired) electrons. The minimum Gasteiger partial charge on any atom is -0.465 e. The van der Waals surface area contributed by atoms with Gasteiger partial charge in [-0.05, 0) is 54.4 Å². The van der Waals surface area contributed by atoms with Crippen LogP contribution < -0.4 is 11.2 Å². The molecule has 11 nitrogen and oxygen atoms in total. The Hall–Kier alpha value is -0.920. The van der Waals surface area contributed by atoms with E-state index >= 15 is 0 Å². The highest BCUT2D eigenvalue weighted by molar-refractivity contribution is 8.76. The minimum atomic E-state index is -1.65. The van der Waals surface area contributed by atoms with Gasteiger partial charge in [0.1, 0.15) is 17.6 Å². The summed E-state index contributed by atoms with van der Waals surface area (Å²) >= 11 is 0. The van der Waals surface area contributed by atoms with Crippen LogP contribution in [-0.2, 0) is 28.1 Å². The Labute approximate surface area is 265 Å². The van der Waals surface area contributed by atoms with Crippen molar-refractivity contribution in [2.75, 3.05) is 25.8 Å². The first-order valence-corrected chi connectivity index (χ1v) is 18.7. The average molecular weight is 666 g/mol. The predicted octanol–water partition coefficient (Wildman–Crippen LogP) is 6.01. The van der Waals surface area contributed by atoms with Gasteiger partial charge in [-0.1, -0.05) is 49.3 Å². The SMILES string of the molecule is CCOC(=O)C(CC)(COCSSC(C)C)COP(OC1C[C@H](n2cc(C)c(=O)[nH]c2=O)O[C@@H]1CC)N(C(C)C)C(C)C. The number of rotatable bonds is 19. The van der Waals surface area contributed by atoms with Crippen LogP contribution >= 0.6 is 30.1 Å². The first-order valence-electron chi connectivity index (χ1n) is 15.2. The average Bonchev–Trinajstić information content (AvgIpc) is 3.34. The van der Waals surface area contributed by atoms with Gasteiger partial charge in [-0.15, -0.1) is 0 Å². The normalized spacial score (nSPS) is 21.2. The predicted molar refractivity (Wildman–Crippen MR) is 175 cm³/mol. The molecule has 0 aliphatic carbocycles. The molecule has 3 unspecified atom stereocenters. The van der Waals surface area contributed by atoms with Crippen LogP contribution in [0.15, 0.2) is 15.8 Å². The van der Waals surface area contributed by atoms with Gasteiger partial charge in [0.15, 0.2) is 0 Å². The number of aromatic nitrogens is 2. The zero-order chi connectivity index (χ0) is 32.3. The smallest absolute Gasteiger partial charge is 0.330 e. The van der Waals surface area contributed by atoms with E-state index < -0.39 is 31.4 Å². The summed E-state index contributed by atoms with van der Waals surface area (Å²) in [6.07, 6.45) is 1.80. The van der Waals surface area contributed by atoms with Crippen molar-refractivity contribution in [1.82, 2.24) is 14.2 Å². The van der Waals surface area contributed by atoms with E-state index in [1.165, 1.54) is 10.8 Å². The molecule has 0 bridgehead atoms. The van der Waals surface area contributed by atoms with Crippen LogP contribution in [-0.4, -0.2) is 75.5 Å². The molecule has 14 heteroatoms. The van der Waals surface area contributed by atoms with Gasteiger partial charge >= 0.3 is 11.7 Å².